The van der Waals surface area contributed by atoms with E-state index in [9.17, 15) is 9.90 Å². The van der Waals surface area contributed by atoms with Crippen LogP contribution < -0.4 is 4.74 Å². The van der Waals surface area contributed by atoms with Crippen molar-refractivity contribution in [2.45, 2.75) is 36.1 Å². The predicted octanol–water partition coefficient (Wildman–Crippen LogP) is 6.30. The van der Waals surface area contributed by atoms with Crippen molar-refractivity contribution in [3.05, 3.63) is 53.5 Å². The molecule has 1 aliphatic rings. The van der Waals surface area contributed by atoms with Gasteiger partial charge >= 0.3 is 5.97 Å². The van der Waals surface area contributed by atoms with Gasteiger partial charge < -0.3 is 14.7 Å². The minimum atomic E-state index is -1.12. The highest BCUT2D eigenvalue weighted by Gasteiger charge is 2.31. The summed E-state index contributed by atoms with van der Waals surface area (Å²) >= 11 is 3.60. The molecule has 34 heavy (non-hydrogen) atoms. The molecule has 182 valence electrons. The molecule has 1 fully saturated rings. The Hall–Kier alpha value is -2.16. The number of carboxylic acid groups (broad SMARTS) is 1. The van der Waals surface area contributed by atoms with Gasteiger partial charge in [0.05, 0.1) is 16.8 Å². The first-order valence-corrected chi connectivity index (χ1v) is 13.6. The Morgan fingerprint density at radius 1 is 1.35 bits per heavy atom. The molecule has 8 heteroatoms. The number of nitrogens with zero attached hydrogens (tertiary/aromatic N) is 2. The van der Waals surface area contributed by atoms with Crippen LogP contribution in [-0.4, -0.2) is 53.5 Å². The number of thioether (sulfide) groups is 1. The normalized spacial score (nSPS) is 19.8. The second-order valence-corrected chi connectivity index (χ2v) is 11.2. The molecule has 5 nitrogen and oxygen atoms in total. The number of alkyl halides is 1. The van der Waals surface area contributed by atoms with Gasteiger partial charge in [-0.2, -0.15) is 0 Å². The van der Waals surface area contributed by atoms with Gasteiger partial charge in [0.25, 0.3) is 0 Å². The largest absolute Gasteiger partial charge is 0.497 e. The first-order chi connectivity index (χ1) is 16.5. The zero-order chi connectivity index (χ0) is 23.9. The summed E-state index contributed by atoms with van der Waals surface area (Å²) in [5, 5.41) is 12.3. The van der Waals surface area contributed by atoms with E-state index in [1.54, 1.807) is 30.7 Å². The Bertz CT molecular complexity index is 1080. The number of aromatic nitrogens is 1. The van der Waals surface area contributed by atoms with Gasteiger partial charge in [0, 0.05) is 36.8 Å². The number of ether oxygens (including phenoxy) is 1. The van der Waals surface area contributed by atoms with Crippen molar-refractivity contribution in [3.8, 4) is 5.75 Å². The van der Waals surface area contributed by atoms with Gasteiger partial charge in [-0.05, 0) is 78.9 Å². The molecule has 3 heterocycles. The van der Waals surface area contributed by atoms with Gasteiger partial charge in [-0.3, -0.25) is 9.78 Å². The quantitative estimate of drug-likeness (QED) is 0.311. The van der Waals surface area contributed by atoms with E-state index in [1.165, 1.54) is 4.21 Å². The number of hydrogen-bond donors (Lipinski definition) is 1. The van der Waals surface area contributed by atoms with Crippen LogP contribution in [0.2, 0.25) is 0 Å². The van der Waals surface area contributed by atoms with E-state index in [-0.39, 0.29) is 18.3 Å². The van der Waals surface area contributed by atoms with Crippen LogP contribution in [-0.2, 0) is 4.79 Å². The summed E-state index contributed by atoms with van der Waals surface area (Å²) in [6, 6.07) is 11.4. The van der Waals surface area contributed by atoms with Crippen molar-refractivity contribution in [3.63, 3.8) is 0 Å². The van der Waals surface area contributed by atoms with Crippen LogP contribution in [0.25, 0.3) is 10.9 Å². The number of benzene rings is 1. The Kier molecular flexibility index (Phi) is 8.80. The second kappa shape index (κ2) is 12.0. The molecule has 1 aromatic carbocycles. The van der Waals surface area contributed by atoms with Crippen LogP contribution in [0.1, 0.15) is 37.4 Å². The van der Waals surface area contributed by atoms with Gasteiger partial charge in [0.15, 0.2) is 0 Å². The molecule has 0 bridgehead atoms. The number of halogens is 1. The average molecular weight is 503 g/mol. The van der Waals surface area contributed by atoms with Crippen LogP contribution in [0.4, 0.5) is 4.39 Å². The van der Waals surface area contributed by atoms with E-state index in [0.717, 1.165) is 42.7 Å². The third kappa shape index (κ3) is 6.49. The van der Waals surface area contributed by atoms with Gasteiger partial charge in [0.2, 0.25) is 0 Å². The first-order valence-electron chi connectivity index (χ1n) is 11.7. The number of fused-ring (bicyclic) bond motifs is 1. The van der Waals surface area contributed by atoms with E-state index >= 15 is 4.39 Å². The Labute approximate surface area is 208 Å². The maximum Gasteiger partial charge on any atom is 0.303 e. The lowest BCUT2D eigenvalue weighted by atomic mass is 9.79. The first kappa shape index (κ1) is 24.9. The van der Waals surface area contributed by atoms with Crippen LogP contribution in [0.15, 0.2) is 52.2 Å². The lowest BCUT2D eigenvalue weighted by Gasteiger charge is -2.38. The standard InChI is InChI=1S/C26H31FN2O3S2/c1-32-20-5-7-24-22(16-20)21(8-10-28-24)23(27)6-4-18-9-11-29(17-19(18)15-25(30)31)12-14-34-26-3-2-13-33-26/h2-3,5,7-8,10,13,16,18-19,23H,4,6,9,11-12,14-15,17H2,1H3,(H,30,31)/t18-,19+,23+/m1/s1. The van der Waals surface area contributed by atoms with Gasteiger partial charge in [0.1, 0.15) is 11.9 Å². The zero-order valence-corrected chi connectivity index (χ0v) is 21.0. The van der Waals surface area contributed by atoms with Crippen molar-refractivity contribution in [2.24, 2.45) is 11.8 Å². The molecular formula is C26H31FN2O3S2. The third-order valence-corrected chi connectivity index (χ3v) is 8.78. The summed E-state index contributed by atoms with van der Waals surface area (Å²) in [6.07, 6.45) is 2.65. The highest BCUT2D eigenvalue weighted by molar-refractivity contribution is 8.01. The van der Waals surface area contributed by atoms with Crippen molar-refractivity contribution in [1.82, 2.24) is 9.88 Å². The molecule has 0 radical (unpaired) electrons. The van der Waals surface area contributed by atoms with E-state index < -0.39 is 12.1 Å². The lowest BCUT2D eigenvalue weighted by Crippen LogP contribution is -2.42. The van der Waals surface area contributed by atoms with Crippen molar-refractivity contribution in [2.75, 3.05) is 32.5 Å². The highest BCUT2D eigenvalue weighted by atomic mass is 32.2. The number of likely N-dealkylation sites (tertiary alicyclic amines) is 1. The molecule has 0 unspecified atom stereocenters. The fraction of sp³-hybridized carbons (Fsp3) is 0.462. The van der Waals surface area contributed by atoms with E-state index in [2.05, 4.69) is 27.4 Å². The van der Waals surface area contributed by atoms with E-state index in [4.69, 9.17) is 4.74 Å². The molecule has 1 N–H and O–H groups in total. The number of hydrogen-bond acceptors (Lipinski definition) is 6. The number of pyridine rings is 1. The van der Waals surface area contributed by atoms with E-state index in [0.29, 0.717) is 24.2 Å². The molecule has 1 aliphatic heterocycles. The summed E-state index contributed by atoms with van der Waals surface area (Å²) in [4.78, 5) is 18.3. The minimum Gasteiger partial charge on any atom is -0.497 e. The van der Waals surface area contributed by atoms with Gasteiger partial charge in [-0.15, -0.1) is 23.1 Å². The molecule has 1 saturated heterocycles. The third-order valence-electron chi connectivity index (χ3n) is 6.67. The molecule has 3 atom stereocenters. The summed E-state index contributed by atoms with van der Waals surface area (Å²) in [5.74, 6) is 1.18. The summed E-state index contributed by atoms with van der Waals surface area (Å²) in [7, 11) is 1.60. The summed E-state index contributed by atoms with van der Waals surface area (Å²) < 4.78 is 22.0. The summed E-state index contributed by atoms with van der Waals surface area (Å²) in [5.41, 5.74) is 1.38. The Morgan fingerprint density at radius 2 is 2.24 bits per heavy atom. The Morgan fingerprint density at radius 3 is 3.00 bits per heavy atom. The maximum absolute atomic E-state index is 15.4. The average Bonchev–Trinajstić information content (AvgIpc) is 3.36. The van der Waals surface area contributed by atoms with Gasteiger partial charge in [-0.1, -0.05) is 6.07 Å². The van der Waals surface area contributed by atoms with Crippen LogP contribution >= 0.6 is 23.1 Å². The number of carbonyl (C=O) groups is 1. The summed E-state index contributed by atoms with van der Waals surface area (Å²) in [6.45, 7) is 2.66. The van der Waals surface area contributed by atoms with Gasteiger partial charge in [-0.25, -0.2) is 4.39 Å². The highest BCUT2D eigenvalue weighted by Crippen LogP contribution is 2.36. The topological polar surface area (TPSA) is 62.7 Å². The van der Waals surface area contributed by atoms with Crippen molar-refractivity contribution >= 4 is 40.0 Å². The monoisotopic (exact) mass is 502 g/mol. The smallest absolute Gasteiger partial charge is 0.303 e. The molecule has 0 saturated carbocycles. The predicted molar refractivity (Wildman–Crippen MR) is 137 cm³/mol. The second-order valence-electron chi connectivity index (χ2n) is 8.82. The fourth-order valence-corrected chi connectivity index (χ4v) is 6.74. The van der Waals surface area contributed by atoms with E-state index in [1.807, 2.05) is 30.0 Å². The van der Waals surface area contributed by atoms with Crippen molar-refractivity contribution in [1.29, 1.82) is 0 Å². The molecule has 4 rings (SSSR count). The lowest BCUT2D eigenvalue weighted by molar-refractivity contribution is -0.139. The van der Waals surface area contributed by atoms with Crippen molar-refractivity contribution < 1.29 is 19.0 Å². The SMILES string of the molecule is COc1ccc2nccc([C@@H](F)CC[C@@H]3CCN(CCSc4cccs4)C[C@@H]3CC(=O)O)c2c1. The zero-order valence-electron chi connectivity index (χ0n) is 19.4. The van der Waals surface area contributed by atoms with Crippen LogP contribution in [0.3, 0.4) is 0 Å². The molecule has 0 spiro atoms. The number of methoxy groups -OCH3 is 1. The number of rotatable bonds is 11. The number of aliphatic carboxylic acids is 1. The molecule has 2 aromatic heterocycles. The molecular weight excluding hydrogens is 471 g/mol. The fourth-order valence-electron chi connectivity index (χ4n) is 4.88. The molecule has 3 aromatic rings. The maximum atomic E-state index is 15.4. The Balaban J connectivity index is 1.35. The minimum absolute atomic E-state index is 0.0551. The molecule has 0 amide bonds. The van der Waals surface area contributed by atoms with Crippen LogP contribution in [0, 0.1) is 11.8 Å². The van der Waals surface area contributed by atoms with Crippen LogP contribution in [0.5, 0.6) is 5.75 Å². The number of carboxylic acids is 1. The number of piperidine rings is 1. The molecule has 0 aliphatic carbocycles. The number of thiophene rings is 1.